The molecule has 10 aliphatic rings. The molecule has 0 aromatic rings. The molecule has 1 spiro atoms. The normalized spacial score (nSPS) is 53.7. The van der Waals surface area contributed by atoms with Crippen LogP contribution < -0.4 is 0 Å². The molecule has 0 aromatic carbocycles. The van der Waals surface area contributed by atoms with Crippen LogP contribution in [0.3, 0.4) is 0 Å². The summed E-state index contributed by atoms with van der Waals surface area (Å²) in [6, 6.07) is 0. The minimum Gasteiger partial charge on any atom is -0.390 e. The molecule has 19 heteroatoms. The topological polar surface area (TPSA) is 205 Å². The molecule has 2 N–H and O–H groups in total. The molecule has 7 heterocycles. The molecule has 19 nitrogen and oxygen atoms in total. The number of methoxy groups -OCH3 is 4. The van der Waals surface area contributed by atoms with Crippen LogP contribution in [-0.2, 0) is 80.6 Å². The van der Waals surface area contributed by atoms with Crippen molar-refractivity contribution in [2.45, 2.75) is 280 Å². The van der Waals surface area contributed by atoms with Crippen molar-refractivity contribution >= 4 is 5.78 Å². The number of carbonyl (C=O) groups excluding carboxylic acids is 1. The second-order valence-corrected chi connectivity index (χ2v) is 23.8. The number of carbonyl (C=O) groups is 1. The summed E-state index contributed by atoms with van der Waals surface area (Å²) < 4.78 is 102. The molecular formula is C55H88O19. The molecule has 422 valence electrons. The third kappa shape index (κ3) is 10.4. The average molecular weight is 1050 g/mol. The fourth-order valence-electron chi connectivity index (χ4n) is 15.2. The Morgan fingerprint density at radius 1 is 0.554 bits per heavy atom. The lowest BCUT2D eigenvalue weighted by Crippen LogP contribution is -2.58. The van der Waals surface area contributed by atoms with Crippen molar-refractivity contribution in [3.8, 4) is 0 Å². The zero-order chi connectivity index (χ0) is 52.6. The molecule has 0 radical (unpaired) electrons. The molecule has 2 bridgehead atoms. The highest BCUT2D eigenvalue weighted by molar-refractivity contribution is 5.88. The van der Waals surface area contributed by atoms with Crippen molar-refractivity contribution in [3.05, 3.63) is 11.6 Å². The molecule has 2 saturated carbocycles. The summed E-state index contributed by atoms with van der Waals surface area (Å²) in [5.41, 5.74) is 0.801. The van der Waals surface area contributed by atoms with E-state index in [9.17, 15) is 15.0 Å². The fraction of sp³-hybridized carbons (Fsp3) is 0.945. The molecule has 0 amide bonds. The van der Waals surface area contributed by atoms with Gasteiger partial charge in [-0.15, -0.1) is 0 Å². The molecule has 7 aliphatic heterocycles. The molecule has 28 atom stereocenters. The molecular weight excluding hydrogens is 965 g/mol. The maximum Gasteiger partial charge on any atom is 0.176 e. The van der Waals surface area contributed by atoms with Crippen LogP contribution in [0.25, 0.3) is 0 Å². The minimum atomic E-state index is -0.902. The Hall–Kier alpha value is -1.31. The molecule has 10 rings (SSSR count). The summed E-state index contributed by atoms with van der Waals surface area (Å²) in [6.07, 6.45) is -1.11. The van der Waals surface area contributed by atoms with Gasteiger partial charge in [0, 0.05) is 85.2 Å². The van der Waals surface area contributed by atoms with Crippen molar-refractivity contribution in [3.63, 3.8) is 0 Å². The van der Waals surface area contributed by atoms with E-state index in [4.69, 9.17) is 75.8 Å². The average Bonchev–Trinajstić information content (AvgIpc) is 3.88. The Bertz CT molecular complexity index is 1950. The van der Waals surface area contributed by atoms with E-state index in [1.54, 1.807) is 35.4 Å². The number of aliphatic hydroxyl groups excluding tert-OH is 2. The van der Waals surface area contributed by atoms with Gasteiger partial charge < -0.3 is 86.0 Å². The Kier molecular flexibility index (Phi) is 16.9. The number of hydrogen-bond donors (Lipinski definition) is 2. The van der Waals surface area contributed by atoms with Gasteiger partial charge in [0.25, 0.3) is 0 Å². The molecule has 0 unspecified atom stereocenters. The van der Waals surface area contributed by atoms with Gasteiger partial charge in [-0.25, -0.2) is 0 Å². The fourth-order valence-corrected chi connectivity index (χ4v) is 15.2. The van der Waals surface area contributed by atoms with E-state index in [0.29, 0.717) is 44.3 Å². The Balaban J connectivity index is 0.691. The number of hydrogen-bond acceptors (Lipinski definition) is 19. The Labute approximate surface area is 437 Å². The summed E-state index contributed by atoms with van der Waals surface area (Å²) in [5, 5.41) is 21.6. The van der Waals surface area contributed by atoms with Crippen molar-refractivity contribution in [1.82, 2.24) is 0 Å². The lowest BCUT2D eigenvalue weighted by molar-refractivity contribution is -0.351. The van der Waals surface area contributed by atoms with Crippen molar-refractivity contribution in [2.24, 2.45) is 22.7 Å². The molecule has 9 fully saturated rings. The maximum atomic E-state index is 13.4. The predicted molar refractivity (Wildman–Crippen MR) is 261 cm³/mol. The van der Waals surface area contributed by atoms with Crippen molar-refractivity contribution in [1.29, 1.82) is 0 Å². The minimum absolute atomic E-state index is 0.0127. The largest absolute Gasteiger partial charge is 0.390 e. The third-order valence-corrected chi connectivity index (χ3v) is 19.5. The number of Topliss-reactive ketones (excluding diaryl/α,β-unsaturated/α-hetero) is 1. The highest BCUT2D eigenvalue weighted by atomic mass is 16.8. The van der Waals surface area contributed by atoms with Gasteiger partial charge in [0.2, 0.25) is 0 Å². The first-order valence-electron chi connectivity index (χ1n) is 27.9. The first-order chi connectivity index (χ1) is 35.3. The molecule has 3 aliphatic carbocycles. The Morgan fingerprint density at radius 3 is 1.55 bits per heavy atom. The van der Waals surface area contributed by atoms with Crippen LogP contribution in [0, 0.1) is 22.7 Å². The number of fused-ring (bicyclic) bond motifs is 5. The lowest BCUT2D eigenvalue weighted by atomic mass is 9.56. The van der Waals surface area contributed by atoms with Crippen LogP contribution in [0.15, 0.2) is 11.6 Å². The second-order valence-electron chi connectivity index (χ2n) is 23.8. The van der Waals surface area contributed by atoms with Crippen LogP contribution in [0.1, 0.15) is 132 Å². The van der Waals surface area contributed by atoms with Crippen LogP contribution in [-0.4, -0.2) is 192 Å². The van der Waals surface area contributed by atoms with Crippen LogP contribution in [0.4, 0.5) is 0 Å². The van der Waals surface area contributed by atoms with Crippen molar-refractivity contribution < 1.29 is 90.8 Å². The van der Waals surface area contributed by atoms with Gasteiger partial charge in [-0.1, -0.05) is 18.6 Å². The van der Waals surface area contributed by atoms with E-state index in [-0.39, 0.29) is 60.3 Å². The molecule has 74 heavy (non-hydrogen) atoms. The smallest absolute Gasteiger partial charge is 0.176 e. The number of ketones is 1. The SMILES string of the molecule is CO[C@H]1C[C@H](O[C@H]2CC[C@@]3(C)C(=CC[C@@]45O[C@@H](C)[C@@H]6CCC(=O)[C@]6(C)[C@@H](C[C@@H]43)O5)C2)O[C@H](C)[C@H]1O[C@H]1C[C@@H](OC)[C@H](O[C@H]2C[C@@H](OC)[C@H](O[C@H]3C[C@H](O)[C@H](O[C@H]4C[C@@H](OC)[C@H](O)[C@@H](C)O4)[C@@H](C)O3)[C@@H](C)O2)[C@@H](C)O1. The summed E-state index contributed by atoms with van der Waals surface area (Å²) in [5.74, 6) is 0.0240. The van der Waals surface area contributed by atoms with E-state index >= 15 is 0 Å². The maximum absolute atomic E-state index is 13.4. The predicted octanol–water partition coefficient (Wildman–Crippen LogP) is 5.39. The monoisotopic (exact) mass is 1050 g/mol. The zero-order valence-electron chi connectivity index (χ0n) is 45.8. The van der Waals surface area contributed by atoms with E-state index in [2.05, 4.69) is 26.8 Å². The number of ether oxygens (including phenoxy) is 16. The van der Waals surface area contributed by atoms with Crippen LogP contribution in [0.2, 0.25) is 0 Å². The van der Waals surface area contributed by atoms with E-state index in [1.807, 2.05) is 27.7 Å². The zero-order valence-corrected chi connectivity index (χ0v) is 45.8. The van der Waals surface area contributed by atoms with Gasteiger partial charge in [-0.2, -0.15) is 0 Å². The summed E-state index contributed by atoms with van der Waals surface area (Å²) in [6.45, 7) is 16.1. The molecule has 0 aromatic heterocycles. The van der Waals surface area contributed by atoms with Gasteiger partial charge in [-0.3, -0.25) is 4.79 Å². The van der Waals surface area contributed by atoms with Gasteiger partial charge in [0.05, 0.1) is 84.8 Å². The quantitative estimate of drug-likeness (QED) is 0.209. The van der Waals surface area contributed by atoms with Crippen molar-refractivity contribution in [2.75, 3.05) is 28.4 Å². The first kappa shape index (κ1) is 56.0. The van der Waals surface area contributed by atoms with E-state index in [1.165, 1.54) is 5.57 Å². The molecule has 7 saturated heterocycles. The summed E-state index contributed by atoms with van der Waals surface area (Å²) >= 11 is 0. The highest BCUT2D eigenvalue weighted by Gasteiger charge is 2.69. The summed E-state index contributed by atoms with van der Waals surface area (Å²) in [7, 11) is 6.55. The van der Waals surface area contributed by atoms with Gasteiger partial charge >= 0.3 is 0 Å². The standard InChI is InChI=1S/C55H88O19/c1-26-34-13-14-41(57)54(34,8)42-25-40-53(7)17-16-33(19-32(53)15-18-55(40,73-26)74-42)68-44-22-37(60-10)51(29(4)65-44)71-47-24-39(62-12)52(31(6)67-47)72-46-23-38(61-11)50(30(5)66-46)70-43-20-35(56)49(28(3)64-43)69-45-21-36(59-9)48(58)27(2)63-45/h15,26-31,33-40,42-52,56,58H,13-14,16-25H2,1-12H3/t26-,27+,28+,29+,30+,31+,33-,34-,35-,36+,37-,38+,39+,40+,42+,43-,44-,45-,46-,47-,48+,49+,50+,51+,52+,53-,54+,55-/m0/s1. The highest BCUT2D eigenvalue weighted by Crippen LogP contribution is 2.66. The summed E-state index contributed by atoms with van der Waals surface area (Å²) in [4.78, 5) is 13.4. The van der Waals surface area contributed by atoms with Crippen LogP contribution >= 0.6 is 0 Å². The number of rotatable bonds is 14. The van der Waals surface area contributed by atoms with Gasteiger partial charge in [0.15, 0.2) is 37.2 Å². The second kappa shape index (κ2) is 22.3. The first-order valence-corrected chi connectivity index (χ1v) is 27.9. The van der Waals surface area contributed by atoms with E-state index in [0.717, 1.165) is 32.1 Å². The van der Waals surface area contributed by atoms with E-state index < -0.39 is 116 Å². The van der Waals surface area contributed by atoms with Crippen LogP contribution in [0.5, 0.6) is 0 Å². The lowest BCUT2D eigenvalue weighted by Gasteiger charge is -2.53. The third-order valence-electron chi connectivity index (χ3n) is 19.5. The van der Waals surface area contributed by atoms with Gasteiger partial charge in [0.1, 0.15) is 36.3 Å². The number of aliphatic hydroxyl groups is 2. The Morgan fingerprint density at radius 2 is 1.03 bits per heavy atom. The van der Waals surface area contributed by atoms with Gasteiger partial charge in [-0.05, 0) is 86.0 Å².